The fourth-order valence-electron chi connectivity index (χ4n) is 2.67. The number of nitrogens with zero attached hydrogens (tertiary/aromatic N) is 3. The van der Waals surface area contributed by atoms with Crippen LogP contribution in [0, 0.1) is 6.92 Å². The molecule has 0 saturated carbocycles. The van der Waals surface area contributed by atoms with Crippen LogP contribution in [0.1, 0.15) is 28.7 Å². The van der Waals surface area contributed by atoms with Crippen molar-refractivity contribution >= 4 is 40.0 Å². The van der Waals surface area contributed by atoms with Gasteiger partial charge < -0.3 is 19.4 Å². The van der Waals surface area contributed by atoms with E-state index in [1.54, 1.807) is 11.4 Å². The molecule has 0 radical (unpaired) electrons. The van der Waals surface area contributed by atoms with E-state index in [0.717, 1.165) is 11.3 Å². The first kappa shape index (κ1) is 21.8. The molecule has 0 atom stereocenters. The van der Waals surface area contributed by atoms with Crippen LogP contribution in [0.25, 0.3) is 0 Å². The van der Waals surface area contributed by atoms with Crippen LogP contribution in [-0.4, -0.2) is 39.5 Å². The molecule has 0 aliphatic rings. The number of thiophene rings is 1. The number of anilines is 1. The number of ether oxygens (including phenoxy) is 2. The Morgan fingerprint density at radius 3 is 2.83 bits per heavy atom. The molecule has 3 rings (SSSR count). The molecule has 1 aromatic carbocycles. The number of thioether (sulfide) groups is 1. The summed E-state index contributed by atoms with van der Waals surface area (Å²) in [6.07, 6.45) is 0. The lowest BCUT2D eigenvalue weighted by Gasteiger charge is -2.09. The molecule has 2 heterocycles. The van der Waals surface area contributed by atoms with Crippen molar-refractivity contribution in [2.45, 2.75) is 32.2 Å². The van der Waals surface area contributed by atoms with Gasteiger partial charge >= 0.3 is 5.97 Å². The highest BCUT2D eigenvalue weighted by Gasteiger charge is 2.17. The maximum absolute atomic E-state index is 12.3. The summed E-state index contributed by atoms with van der Waals surface area (Å²) in [5.41, 5.74) is 1.46. The molecule has 10 heteroatoms. The minimum absolute atomic E-state index is 0.134. The van der Waals surface area contributed by atoms with E-state index < -0.39 is 5.97 Å². The molecule has 0 spiro atoms. The summed E-state index contributed by atoms with van der Waals surface area (Å²) in [6, 6.07) is 9.42. The summed E-state index contributed by atoms with van der Waals surface area (Å²) in [7, 11) is 1.30. The van der Waals surface area contributed by atoms with Gasteiger partial charge in [0.2, 0.25) is 5.91 Å². The number of amides is 1. The van der Waals surface area contributed by atoms with Crippen molar-refractivity contribution in [2.24, 2.45) is 0 Å². The van der Waals surface area contributed by atoms with Crippen LogP contribution in [-0.2, 0) is 22.7 Å². The Hall–Kier alpha value is -2.85. The highest BCUT2D eigenvalue weighted by atomic mass is 32.2. The molecule has 0 saturated heterocycles. The number of aryl methyl sites for hydroxylation is 1. The minimum atomic E-state index is -0.483. The van der Waals surface area contributed by atoms with Gasteiger partial charge in [-0.2, -0.15) is 0 Å². The summed E-state index contributed by atoms with van der Waals surface area (Å²) >= 11 is 2.55. The molecular formula is C20H22N4O4S2. The summed E-state index contributed by atoms with van der Waals surface area (Å²) in [5, 5.41) is 14.0. The highest BCUT2D eigenvalue weighted by molar-refractivity contribution is 7.99. The largest absolute Gasteiger partial charge is 0.486 e. The van der Waals surface area contributed by atoms with E-state index in [4.69, 9.17) is 9.47 Å². The van der Waals surface area contributed by atoms with Crippen molar-refractivity contribution in [1.82, 2.24) is 14.8 Å². The maximum Gasteiger partial charge on any atom is 0.340 e. The van der Waals surface area contributed by atoms with E-state index in [1.165, 1.54) is 30.2 Å². The molecule has 30 heavy (non-hydrogen) atoms. The lowest BCUT2D eigenvalue weighted by molar-refractivity contribution is -0.113. The van der Waals surface area contributed by atoms with Crippen molar-refractivity contribution in [3.63, 3.8) is 0 Å². The molecule has 0 bridgehead atoms. The first-order valence-corrected chi connectivity index (χ1v) is 11.1. The van der Waals surface area contributed by atoms with Crippen molar-refractivity contribution in [3.05, 3.63) is 52.7 Å². The van der Waals surface area contributed by atoms with Crippen molar-refractivity contribution in [3.8, 4) is 5.75 Å². The molecular weight excluding hydrogens is 424 g/mol. The van der Waals surface area contributed by atoms with E-state index in [-0.39, 0.29) is 18.3 Å². The monoisotopic (exact) mass is 446 g/mol. The van der Waals surface area contributed by atoms with E-state index in [0.29, 0.717) is 28.1 Å². The fourth-order valence-corrected chi connectivity index (χ4v) is 4.29. The van der Waals surface area contributed by atoms with Crippen LogP contribution in [0.4, 0.5) is 5.00 Å². The Bertz CT molecular complexity index is 1030. The van der Waals surface area contributed by atoms with Crippen molar-refractivity contribution in [2.75, 3.05) is 18.2 Å². The van der Waals surface area contributed by atoms with Gasteiger partial charge in [-0.15, -0.1) is 21.5 Å². The Kier molecular flexibility index (Phi) is 7.47. The van der Waals surface area contributed by atoms with E-state index >= 15 is 0 Å². The van der Waals surface area contributed by atoms with Gasteiger partial charge in [-0.25, -0.2) is 4.79 Å². The van der Waals surface area contributed by atoms with Crippen molar-refractivity contribution in [1.29, 1.82) is 0 Å². The zero-order valence-electron chi connectivity index (χ0n) is 16.9. The number of aromatic nitrogens is 3. The summed E-state index contributed by atoms with van der Waals surface area (Å²) in [6.45, 7) is 4.93. The topological polar surface area (TPSA) is 95.3 Å². The second-order valence-corrected chi connectivity index (χ2v) is 8.10. The average molecular weight is 447 g/mol. The van der Waals surface area contributed by atoms with Gasteiger partial charge in [-0.3, -0.25) is 4.79 Å². The van der Waals surface area contributed by atoms with E-state index in [9.17, 15) is 9.59 Å². The molecule has 0 aliphatic heterocycles. The molecule has 158 valence electrons. The molecule has 3 aromatic rings. The van der Waals surface area contributed by atoms with E-state index in [1.807, 2.05) is 42.7 Å². The zero-order valence-corrected chi connectivity index (χ0v) is 18.5. The quantitative estimate of drug-likeness (QED) is 0.395. The smallest absolute Gasteiger partial charge is 0.340 e. The van der Waals surface area contributed by atoms with Crippen LogP contribution >= 0.6 is 23.1 Å². The number of hydrogen-bond acceptors (Lipinski definition) is 8. The maximum atomic E-state index is 12.3. The number of benzene rings is 1. The predicted octanol–water partition coefficient (Wildman–Crippen LogP) is 3.76. The Morgan fingerprint density at radius 1 is 1.27 bits per heavy atom. The lowest BCUT2D eigenvalue weighted by Crippen LogP contribution is -2.16. The lowest BCUT2D eigenvalue weighted by atomic mass is 10.2. The van der Waals surface area contributed by atoms with Crippen molar-refractivity contribution < 1.29 is 19.1 Å². The second kappa shape index (κ2) is 10.3. The zero-order chi connectivity index (χ0) is 21.5. The van der Waals surface area contributed by atoms with E-state index in [2.05, 4.69) is 15.5 Å². The minimum Gasteiger partial charge on any atom is -0.486 e. The highest BCUT2D eigenvalue weighted by Crippen LogP contribution is 2.25. The van der Waals surface area contributed by atoms with Crippen LogP contribution in [0.2, 0.25) is 0 Å². The number of hydrogen-bond donors (Lipinski definition) is 1. The molecule has 8 nitrogen and oxygen atoms in total. The van der Waals surface area contributed by atoms with Gasteiger partial charge in [-0.05, 0) is 43.0 Å². The summed E-state index contributed by atoms with van der Waals surface area (Å²) in [4.78, 5) is 24.1. The molecule has 1 amide bonds. The van der Waals surface area contributed by atoms with Crippen LogP contribution in [0.15, 0.2) is 40.9 Å². The van der Waals surface area contributed by atoms with Gasteiger partial charge in [0.1, 0.15) is 17.4 Å². The Balaban J connectivity index is 1.58. The Morgan fingerprint density at radius 2 is 2.10 bits per heavy atom. The van der Waals surface area contributed by atoms with Gasteiger partial charge in [0.25, 0.3) is 0 Å². The predicted molar refractivity (Wildman–Crippen MR) is 116 cm³/mol. The SMILES string of the molecule is CCn1c(COc2cccc(C)c2)nnc1SCC(=O)Nc1sccc1C(=O)OC. The average Bonchev–Trinajstić information content (AvgIpc) is 3.36. The number of esters is 1. The number of carbonyl (C=O) groups excluding carboxylic acids is 2. The molecule has 0 aliphatic carbocycles. The number of nitrogens with one attached hydrogen (secondary N) is 1. The molecule has 1 N–H and O–H groups in total. The normalized spacial score (nSPS) is 10.6. The van der Waals surface area contributed by atoms with Gasteiger partial charge in [0.15, 0.2) is 11.0 Å². The molecule has 0 unspecified atom stereocenters. The molecule has 0 fully saturated rings. The number of carbonyl (C=O) groups is 2. The molecule has 2 aromatic heterocycles. The third-order valence-electron chi connectivity index (χ3n) is 4.12. The van der Waals surface area contributed by atoms with Gasteiger partial charge in [0, 0.05) is 6.54 Å². The van der Waals surface area contributed by atoms with Crippen LogP contribution in [0.5, 0.6) is 5.75 Å². The summed E-state index contributed by atoms with van der Waals surface area (Å²) in [5.74, 6) is 0.869. The summed E-state index contributed by atoms with van der Waals surface area (Å²) < 4.78 is 12.5. The fraction of sp³-hybridized carbons (Fsp3) is 0.300. The Labute approximate surface area is 182 Å². The first-order chi connectivity index (χ1) is 14.5. The first-order valence-electron chi connectivity index (χ1n) is 9.21. The van der Waals surface area contributed by atoms with Gasteiger partial charge in [0.05, 0.1) is 18.4 Å². The second-order valence-electron chi connectivity index (χ2n) is 6.24. The standard InChI is InChI=1S/C20H22N4O4S2/c1-4-24-16(11-28-14-7-5-6-13(2)10-14)22-23-20(24)30-12-17(25)21-18-15(8-9-29-18)19(26)27-3/h5-10H,4,11-12H2,1-3H3,(H,21,25). The van der Waals surface area contributed by atoms with Gasteiger partial charge in [-0.1, -0.05) is 23.9 Å². The third-order valence-corrected chi connectivity index (χ3v) is 5.92. The number of rotatable bonds is 9. The number of methoxy groups -OCH3 is 1. The van der Waals surface area contributed by atoms with Crippen LogP contribution in [0.3, 0.4) is 0 Å². The third kappa shape index (κ3) is 5.39. The van der Waals surface area contributed by atoms with Crippen LogP contribution < -0.4 is 10.1 Å².